The first-order valence-corrected chi connectivity index (χ1v) is 5.71. The number of carbonyl (C=O) groups is 1. The minimum Gasteiger partial charge on any atom is -0.476 e. The Balaban J connectivity index is 2.80. The summed E-state index contributed by atoms with van der Waals surface area (Å²) in [5, 5.41) is 8.88. The first kappa shape index (κ1) is 11.1. The largest absolute Gasteiger partial charge is 0.476 e. The first-order valence-electron chi connectivity index (χ1n) is 4.52. The summed E-state index contributed by atoms with van der Waals surface area (Å²) in [5.74, 6) is -1.27. The molecule has 0 aromatic carbocycles. The van der Waals surface area contributed by atoms with Gasteiger partial charge in [0, 0.05) is 5.56 Å². The quantitative estimate of drug-likeness (QED) is 0.861. The number of rotatable bonds is 2. The summed E-state index contributed by atoms with van der Waals surface area (Å²) in [6.07, 6.45) is 0.677. The molecule has 0 spiro atoms. The van der Waals surface area contributed by atoms with Gasteiger partial charge in [-0.3, -0.25) is 0 Å². The molecule has 3 N–H and O–H groups in total. The van der Waals surface area contributed by atoms with Crippen LogP contribution in [0.5, 0.6) is 0 Å². The second kappa shape index (κ2) is 3.88. The van der Waals surface area contributed by atoms with Crippen LogP contribution < -0.4 is 5.73 Å². The number of aromatic carboxylic acids is 1. The van der Waals surface area contributed by atoms with Gasteiger partial charge in [-0.05, 0) is 6.42 Å². The van der Waals surface area contributed by atoms with Crippen molar-refractivity contribution in [1.82, 2.24) is 9.97 Å². The molecular weight excluding hydrogens is 250 g/mol. The molecule has 84 valence electrons. The van der Waals surface area contributed by atoms with Gasteiger partial charge >= 0.3 is 5.97 Å². The predicted octanol–water partition coefficient (Wildman–Crippen LogP) is 2.19. The number of nitrogen functional groups attached to an aromatic ring is 1. The van der Waals surface area contributed by atoms with E-state index >= 15 is 0 Å². The van der Waals surface area contributed by atoms with Crippen LogP contribution in [0.2, 0.25) is 4.34 Å². The first-order chi connectivity index (χ1) is 7.54. The zero-order valence-electron chi connectivity index (χ0n) is 8.32. The van der Waals surface area contributed by atoms with E-state index in [4.69, 9.17) is 22.4 Å². The lowest BCUT2D eigenvalue weighted by atomic mass is 10.2. The van der Waals surface area contributed by atoms with E-state index in [1.165, 1.54) is 11.3 Å². The van der Waals surface area contributed by atoms with Gasteiger partial charge in [-0.1, -0.05) is 18.5 Å². The maximum Gasteiger partial charge on any atom is 0.358 e. The van der Waals surface area contributed by atoms with Gasteiger partial charge in [0.05, 0.1) is 0 Å². The van der Waals surface area contributed by atoms with Crippen LogP contribution in [0.3, 0.4) is 0 Å². The molecule has 0 fully saturated rings. The molecule has 0 unspecified atom stereocenters. The summed E-state index contributed by atoms with van der Waals surface area (Å²) >= 11 is 7.26. The molecule has 2 aromatic rings. The number of halogens is 1. The van der Waals surface area contributed by atoms with Crippen LogP contribution >= 0.6 is 22.9 Å². The van der Waals surface area contributed by atoms with E-state index in [2.05, 4.69) is 9.97 Å². The summed E-state index contributed by atoms with van der Waals surface area (Å²) in [4.78, 5) is 19.4. The highest BCUT2D eigenvalue weighted by Crippen LogP contribution is 2.34. The normalized spacial score (nSPS) is 10.9. The molecule has 0 aliphatic heterocycles. The van der Waals surface area contributed by atoms with Crippen LogP contribution in [0.1, 0.15) is 23.0 Å². The van der Waals surface area contributed by atoms with Gasteiger partial charge in [-0.15, -0.1) is 11.3 Å². The van der Waals surface area contributed by atoms with Gasteiger partial charge in [0.1, 0.15) is 14.7 Å². The van der Waals surface area contributed by atoms with Crippen molar-refractivity contribution in [3.63, 3.8) is 0 Å². The average Bonchev–Trinajstić information content (AvgIpc) is 2.50. The van der Waals surface area contributed by atoms with Gasteiger partial charge in [-0.25, -0.2) is 14.8 Å². The zero-order valence-corrected chi connectivity index (χ0v) is 9.89. The SMILES string of the molecule is CCc1c(Cl)sc2nc(N)c(C(=O)O)nc12. The van der Waals surface area contributed by atoms with E-state index in [0.717, 1.165) is 5.56 Å². The lowest BCUT2D eigenvalue weighted by Gasteiger charge is -1.99. The molecule has 7 heteroatoms. The van der Waals surface area contributed by atoms with Crippen molar-refractivity contribution in [2.24, 2.45) is 0 Å². The fraction of sp³-hybridized carbons (Fsp3) is 0.222. The van der Waals surface area contributed by atoms with E-state index in [1.807, 2.05) is 6.92 Å². The Bertz CT molecular complexity index is 582. The van der Waals surface area contributed by atoms with E-state index in [1.54, 1.807) is 0 Å². The summed E-state index contributed by atoms with van der Waals surface area (Å²) < 4.78 is 0.583. The van der Waals surface area contributed by atoms with Crippen molar-refractivity contribution in [3.8, 4) is 0 Å². The minimum atomic E-state index is -1.18. The number of thiophene rings is 1. The molecule has 0 atom stereocenters. The van der Waals surface area contributed by atoms with Gasteiger partial charge in [0.2, 0.25) is 0 Å². The Morgan fingerprint density at radius 1 is 1.56 bits per heavy atom. The number of nitrogens with two attached hydrogens (primary N) is 1. The van der Waals surface area contributed by atoms with Gasteiger partial charge < -0.3 is 10.8 Å². The number of carboxylic acid groups (broad SMARTS) is 1. The smallest absolute Gasteiger partial charge is 0.358 e. The molecule has 16 heavy (non-hydrogen) atoms. The molecule has 0 saturated heterocycles. The Labute approximate surface area is 99.9 Å². The molecule has 0 aliphatic rings. The van der Waals surface area contributed by atoms with Crippen molar-refractivity contribution in [3.05, 3.63) is 15.6 Å². The molecule has 5 nitrogen and oxygen atoms in total. The fourth-order valence-electron chi connectivity index (χ4n) is 1.40. The van der Waals surface area contributed by atoms with Gasteiger partial charge in [-0.2, -0.15) is 0 Å². The minimum absolute atomic E-state index is 0.0828. The van der Waals surface area contributed by atoms with Gasteiger partial charge in [0.25, 0.3) is 0 Å². The highest BCUT2D eigenvalue weighted by Gasteiger charge is 2.18. The number of hydrogen-bond acceptors (Lipinski definition) is 5. The molecule has 0 saturated carbocycles. The zero-order chi connectivity index (χ0) is 11.9. The Kier molecular flexibility index (Phi) is 2.69. The van der Waals surface area contributed by atoms with Crippen LogP contribution in [0.25, 0.3) is 10.3 Å². The summed E-state index contributed by atoms with van der Waals surface area (Å²) in [6.45, 7) is 1.92. The maximum absolute atomic E-state index is 10.9. The maximum atomic E-state index is 10.9. The summed E-state index contributed by atoms with van der Waals surface area (Å²) in [7, 11) is 0. The van der Waals surface area contributed by atoms with Crippen molar-refractivity contribution in [1.29, 1.82) is 0 Å². The molecule has 2 heterocycles. The number of nitrogens with zero attached hydrogens (tertiary/aromatic N) is 2. The predicted molar refractivity (Wildman–Crippen MR) is 63.2 cm³/mol. The molecule has 2 rings (SSSR count). The fourth-order valence-corrected chi connectivity index (χ4v) is 2.79. The number of hydrogen-bond donors (Lipinski definition) is 2. The molecule has 0 aliphatic carbocycles. The Morgan fingerprint density at radius 3 is 2.81 bits per heavy atom. The van der Waals surface area contributed by atoms with Crippen LogP contribution in [-0.2, 0) is 6.42 Å². The second-order valence-electron chi connectivity index (χ2n) is 3.12. The topological polar surface area (TPSA) is 89.1 Å². The van der Waals surface area contributed by atoms with Crippen LogP contribution in [0, 0.1) is 0 Å². The van der Waals surface area contributed by atoms with Crippen LogP contribution in [-0.4, -0.2) is 21.0 Å². The van der Waals surface area contributed by atoms with E-state index in [-0.39, 0.29) is 11.5 Å². The number of anilines is 1. The third-order valence-corrected chi connectivity index (χ3v) is 3.52. The summed E-state index contributed by atoms with van der Waals surface area (Å²) in [5.41, 5.74) is 6.62. The molecular formula is C9H8ClN3O2S. The lowest BCUT2D eigenvalue weighted by molar-refractivity contribution is 0.0692. The van der Waals surface area contributed by atoms with Crippen molar-refractivity contribution in [2.45, 2.75) is 13.3 Å². The van der Waals surface area contributed by atoms with Crippen molar-refractivity contribution in [2.75, 3.05) is 5.73 Å². The molecule has 0 bridgehead atoms. The highest BCUT2D eigenvalue weighted by atomic mass is 35.5. The second-order valence-corrected chi connectivity index (χ2v) is 4.73. The van der Waals surface area contributed by atoms with E-state index < -0.39 is 5.97 Å². The molecule has 2 aromatic heterocycles. The van der Waals surface area contributed by atoms with Crippen LogP contribution in [0.4, 0.5) is 5.82 Å². The van der Waals surface area contributed by atoms with Crippen LogP contribution in [0.15, 0.2) is 0 Å². The monoisotopic (exact) mass is 257 g/mol. The van der Waals surface area contributed by atoms with E-state index in [9.17, 15) is 4.79 Å². The number of aryl methyl sites for hydroxylation is 1. The lowest BCUT2D eigenvalue weighted by Crippen LogP contribution is -2.07. The third-order valence-electron chi connectivity index (χ3n) is 2.16. The standard InChI is InChI=1S/C9H8ClN3O2S/c1-2-3-4-8(16-6(3)10)13-7(11)5(12-4)9(14)15/h2H2,1H3,(H2,11,13)(H,14,15). The molecule has 0 amide bonds. The highest BCUT2D eigenvalue weighted by molar-refractivity contribution is 7.22. The number of aromatic nitrogens is 2. The Hall–Kier alpha value is -1.40. The number of fused-ring (bicyclic) bond motifs is 1. The Morgan fingerprint density at radius 2 is 2.25 bits per heavy atom. The van der Waals surface area contributed by atoms with Crippen molar-refractivity contribution < 1.29 is 9.90 Å². The van der Waals surface area contributed by atoms with Crippen molar-refractivity contribution >= 4 is 45.1 Å². The van der Waals surface area contributed by atoms with E-state index in [0.29, 0.717) is 21.1 Å². The summed E-state index contributed by atoms with van der Waals surface area (Å²) in [6, 6.07) is 0. The average molecular weight is 258 g/mol. The number of carboxylic acids is 1. The third kappa shape index (κ3) is 1.60. The van der Waals surface area contributed by atoms with Gasteiger partial charge in [0.15, 0.2) is 11.5 Å². The molecule has 0 radical (unpaired) electrons.